The van der Waals surface area contributed by atoms with Crippen LogP contribution in [0, 0.1) is 5.82 Å². The fourth-order valence-electron chi connectivity index (χ4n) is 1.58. The molecule has 1 atom stereocenters. The molecular weight excluding hydrogens is 183 g/mol. The molecule has 1 aliphatic rings. The number of hydrogen-bond acceptors (Lipinski definition) is 2. The molecule has 1 aromatic rings. The van der Waals surface area contributed by atoms with Crippen molar-refractivity contribution in [2.24, 2.45) is 0 Å². The number of anilines is 2. The second kappa shape index (κ2) is 2.97. The van der Waals surface area contributed by atoms with Gasteiger partial charge in [0.2, 0.25) is 5.91 Å². The number of hydrogen-bond donors (Lipinski definition) is 1. The molecule has 1 heterocycles. The average Bonchev–Trinajstić information content (AvgIpc) is 2.14. The van der Waals surface area contributed by atoms with Crippen LogP contribution in [0.2, 0.25) is 0 Å². The minimum Gasteiger partial charge on any atom is -0.359 e. The Morgan fingerprint density at radius 2 is 2.21 bits per heavy atom. The Hall–Kier alpha value is -1.58. The topological polar surface area (TPSA) is 32.3 Å². The molecular formula is C10H11FN2O. The van der Waals surface area contributed by atoms with E-state index in [0.29, 0.717) is 11.4 Å². The van der Waals surface area contributed by atoms with Crippen LogP contribution in [0.5, 0.6) is 0 Å². The number of benzene rings is 1. The van der Waals surface area contributed by atoms with E-state index in [1.807, 2.05) is 0 Å². The van der Waals surface area contributed by atoms with E-state index in [0.717, 1.165) is 0 Å². The molecule has 2 rings (SSSR count). The fourth-order valence-corrected chi connectivity index (χ4v) is 1.58. The van der Waals surface area contributed by atoms with Crippen LogP contribution in [0.25, 0.3) is 0 Å². The summed E-state index contributed by atoms with van der Waals surface area (Å²) >= 11 is 0. The first-order chi connectivity index (χ1) is 6.61. The minimum atomic E-state index is -0.334. The maximum atomic E-state index is 13.4. The smallest absolute Gasteiger partial charge is 0.246 e. The molecule has 0 radical (unpaired) electrons. The Morgan fingerprint density at radius 1 is 1.50 bits per heavy atom. The molecule has 14 heavy (non-hydrogen) atoms. The van der Waals surface area contributed by atoms with Gasteiger partial charge in [0.1, 0.15) is 11.9 Å². The summed E-state index contributed by atoms with van der Waals surface area (Å²) in [7, 11) is 1.71. The van der Waals surface area contributed by atoms with E-state index < -0.39 is 0 Å². The summed E-state index contributed by atoms with van der Waals surface area (Å²) in [6.45, 7) is 1.74. The number of amides is 1. The van der Waals surface area contributed by atoms with Crippen molar-refractivity contribution >= 4 is 17.3 Å². The summed E-state index contributed by atoms with van der Waals surface area (Å²) in [5.41, 5.74) is 0.996. The van der Waals surface area contributed by atoms with Crippen LogP contribution in [0.15, 0.2) is 18.2 Å². The third-order valence-electron chi connectivity index (χ3n) is 2.56. The van der Waals surface area contributed by atoms with Crippen molar-refractivity contribution in [1.29, 1.82) is 0 Å². The van der Waals surface area contributed by atoms with E-state index >= 15 is 0 Å². The molecule has 4 heteroatoms. The zero-order valence-corrected chi connectivity index (χ0v) is 8.04. The molecule has 74 valence electrons. The number of fused-ring (bicyclic) bond motifs is 1. The van der Waals surface area contributed by atoms with Gasteiger partial charge >= 0.3 is 0 Å². The molecule has 3 nitrogen and oxygen atoms in total. The largest absolute Gasteiger partial charge is 0.359 e. The van der Waals surface area contributed by atoms with E-state index in [1.54, 1.807) is 31.0 Å². The molecule has 1 unspecified atom stereocenters. The lowest BCUT2D eigenvalue weighted by Crippen LogP contribution is -2.44. The lowest BCUT2D eigenvalue weighted by Gasteiger charge is -2.33. The lowest BCUT2D eigenvalue weighted by atomic mass is 10.1. The molecule has 0 bridgehead atoms. The van der Waals surface area contributed by atoms with E-state index in [-0.39, 0.29) is 17.8 Å². The van der Waals surface area contributed by atoms with Gasteiger partial charge in [-0.3, -0.25) is 4.79 Å². The summed E-state index contributed by atoms with van der Waals surface area (Å²) < 4.78 is 13.4. The number of nitrogens with zero attached hydrogens (tertiary/aromatic N) is 1. The van der Waals surface area contributed by atoms with Gasteiger partial charge in [0.15, 0.2) is 0 Å². The van der Waals surface area contributed by atoms with Crippen LogP contribution in [-0.2, 0) is 4.79 Å². The van der Waals surface area contributed by atoms with Crippen molar-refractivity contribution in [2.45, 2.75) is 13.0 Å². The van der Waals surface area contributed by atoms with E-state index in [1.165, 1.54) is 6.07 Å². The van der Waals surface area contributed by atoms with E-state index in [4.69, 9.17) is 0 Å². The van der Waals surface area contributed by atoms with E-state index in [2.05, 4.69) is 5.32 Å². The Bertz CT molecular complexity index is 392. The molecule has 1 N–H and O–H groups in total. The maximum absolute atomic E-state index is 13.4. The molecule has 0 saturated heterocycles. The normalized spacial score (nSPS) is 20.4. The van der Waals surface area contributed by atoms with Crippen LogP contribution < -0.4 is 10.2 Å². The highest BCUT2D eigenvalue weighted by Gasteiger charge is 2.28. The molecule has 0 aliphatic carbocycles. The highest BCUT2D eigenvalue weighted by molar-refractivity contribution is 6.03. The second-order valence-electron chi connectivity index (χ2n) is 3.41. The Morgan fingerprint density at radius 3 is 2.93 bits per heavy atom. The first kappa shape index (κ1) is 8.99. The molecule has 0 fully saturated rings. The van der Waals surface area contributed by atoms with Gasteiger partial charge in [0, 0.05) is 7.05 Å². The number of nitrogens with one attached hydrogen (secondary N) is 1. The molecule has 0 aromatic heterocycles. The molecule has 1 aliphatic heterocycles. The van der Waals surface area contributed by atoms with Crippen molar-refractivity contribution in [2.75, 3.05) is 17.3 Å². The van der Waals surface area contributed by atoms with Crippen LogP contribution in [0.3, 0.4) is 0 Å². The van der Waals surface area contributed by atoms with Gasteiger partial charge < -0.3 is 10.2 Å². The monoisotopic (exact) mass is 194 g/mol. The van der Waals surface area contributed by atoms with E-state index in [9.17, 15) is 9.18 Å². The second-order valence-corrected chi connectivity index (χ2v) is 3.41. The zero-order valence-electron chi connectivity index (χ0n) is 8.04. The molecule has 0 spiro atoms. The predicted molar refractivity (Wildman–Crippen MR) is 52.9 cm³/mol. The standard InChI is InChI=1S/C10H11FN2O/c1-6-10(14)12-8-5-3-4-7(11)9(8)13(6)2/h3-6H,1-2H3,(H,12,14). The minimum absolute atomic E-state index is 0.106. The SMILES string of the molecule is CC1C(=O)Nc2cccc(F)c2N1C. The van der Waals surface area contributed by atoms with Crippen LogP contribution in [0.1, 0.15) is 6.92 Å². The number of halogens is 1. The van der Waals surface area contributed by atoms with Gasteiger partial charge in [-0.1, -0.05) is 6.07 Å². The van der Waals surface area contributed by atoms with Gasteiger partial charge in [0.05, 0.1) is 11.4 Å². The van der Waals surface area contributed by atoms with Crippen LogP contribution in [0.4, 0.5) is 15.8 Å². The summed E-state index contributed by atoms with van der Waals surface area (Å²) in [6.07, 6.45) is 0. The van der Waals surface area contributed by atoms with Crippen molar-refractivity contribution in [3.8, 4) is 0 Å². The quantitative estimate of drug-likeness (QED) is 0.680. The van der Waals surface area contributed by atoms with Gasteiger partial charge in [-0.15, -0.1) is 0 Å². The summed E-state index contributed by atoms with van der Waals surface area (Å²) in [4.78, 5) is 13.0. The molecule has 0 saturated carbocycles. The highest BCUT2D eigenvalue weighted by Crippen LogP contribution is 2.32. The van der Waals surface area contributed by atoms with Gasteiger partial charge in [0.25, 0.3) is 0 Å². The summed E-state index contributed by atoms with van der Waals surface area (Å²) in [6, 6.07) is 4.33. The summed E-state index contributed by atoms with van der Waals surface area (Å²) in [5, 5.41) is 2.66. The lowest BCUT2D eigenvalue weighted by molar-refractivity contribution is -0.117. The Kier molecular flexibility index (Phi) is 1.91. The first-order valence-corrected chi connectivity index (χ1v) is 4.43. The van der Waals surface area contributed by atoms with Gasteiger partial charge in [-0.2, -0.15) is 0 Å². The number of para-hydroxylation sites is 1. The van der Waals surface area contributed by atoms with Gasteiger partial charge in [-0.05, 0) is 19.1 Å². The fraction of sp³-hybridized carbons (Fsp3) is 0.300. The number of carbonyl (C=O) groups is 1. The van der Waals surface area contributed by atoms with Crippen molar-refractivity contribution in [1.82, 2.24) is 0 Å². The molecule has 1 aromatic carbocycles. The van der Waals surface area contributed by atoms with Crippen molar-refractivity contribution in [3.63, 3.8) is 0 Å². The number of likely N-dealkylation sites (N-methyl/N-ethyl adjacent to an activating group) is 1. The molecule has 1 amide bonds. The summed E-state index contributed by atoms with van der Waals surface area (Å²) in [5.74, 6) is -0.414. The van der Waals surface area contributed by atoms with Gasteiger partial charge in [-0.25, -0.2) is 4.39 Å². The highest BCUT2D eigenvalue weighted by atomic mass is 19.1. The van der Waals surface area contributed by atoms with Crippen LogP contribution >= 0.6 is 0 Å². The number of carbonyl (C=O) groups excluding carboxylic acids is 1. The van der Waals surface area contributed by atoms with Crippen molar-refractivity contribution < 1.29 is 9.18 Å². The predicted octanol–water partition coefficient (Wildman–Crippen LogP) is 1.60. The maximum Gasteiger partial charge on any atom is 0.246 e. The first-order valence-electron chi connectivity index (χ1n) is 4.43. The Balaban J connectivity index is 2.56. The Labute approximate surface area is 81.5 Å². The average molecular weight is 194 g/mol. The van der Waals surface area contributed by atoms with Crippen LogP contribution in [-0.4, -0.2) is 19.0 Å². The number of rotatable bonds is 0. The third kappa shape index (κ3) is 1.14. The zero-order chi connectivity index (χ0) is 10.3. The third-order valence-corrected chi connectivity index (χ3v) is 2.56. The van der Waals surface area contributed by atoms with Crippen molar-refractivity contribution in [3.05, 3.63) is 24.0 Å².